The van der Waals surface area contributed by atoms with Crippen molar-refractivity contribution in [1.82, 2.24) is 4.90 Å². The number of hydrogen-bond donors (Lipinski definition) is 1. The fourth-order valence-electron chi connectivity index (χ4n) is 3.86. The lowest BCUT2D eigenvalue weighted by atomic mass is 9.91. The number of carboxylic acids is 1. The second-order valence-electron chi connectivity index (χ2n) is 6.97. The highest BCUT2D eigenvalue weighted by Gasteiger charge is 2.31. The summed E-state index contributed by atoms with van der Waals surface area (Å²) in [7, 11) is 1.64. The zero-order valence-corrected chi connectivity index (χ0v) is 17.8. The van der Waals surface area contributed by atoms with Crippen LogP contribution in [0.3, 0.4) is 0 Å². The normalized spacial score (nSPS) is 18.5. The zero-order chi connectivity index (χ0) is 20.1. The van der Waals surface area contributed by atoms with Gasteiger partial charge in [0.15, 0.2) is 11.5 Å². The molecule has 5 nitrogen and oxygen atoms in total. The van der Waals surface area contributed by atoms with Crippen molar-refractivity contribution >= 4 is 21.9 Å². The van der Waals surface area contributed by atoms with E-state index in [0.29, 0.717) is 24.7 Å². The number of nitrogens with zero attached hydrogens (tertiary/aromatic N) is 1. The summed E-state index contributed by atoms with van der Waals surface area (Å²) < 4.78 is 12.2. The fraction of sp³-hybridized carbons (Fsp3) is 0.409. The molecule has 28 heavy (non-hydrogen) atoms. The number of benzene rings is 2. The quantitative estimate of drug-likeness (QED) is 0.663. The van der Waals surface area contributed by atoms with Crippen LogP contribution in [0.1, 0.15) is 36.9 Å². The van der Waals surface area contributed by atoms with Crippen LogP contribution in [-0.2, 0) is 4.79 Å². The molecule has 0 spiro atoms. The molecule has 2 atom stereocenters. The smallest absolute Gasteiger partial charge is 0.307 e. The van der Waals surface area contributed by atoms with E-state index >= 15 is 0 Å². The van der Waals surface area contributed by atoms with Crippen molar-refractivity contribution in [2.24, 2.45) is 5.92 Å². The molecule has 3 rings (SSSR count). The van der Waals surface area contributed by atoms with Crippen molar-refractivity contribution in [3.8, 4) is 11.5 Å². The van der Waals surface area contributed by atoms with Gasteiger partial charge >= 0.3 is 5.97 Å². The van der Waals surface area contributed by atoms with Crippen molar-refractivity contribution in [3.63, 3.8) is 0 Å². The molecule has 1 saturated heterocycles. The number of hydrogen-bond acceptors (Lipinski definition) is 4. The summed E-state index contributed by atoms with van der Waals surface area (Å²) in [6, 6.07) is 14.1. The van der Waals surface area contributed by atoms with Gasteiger partial charge in [0, 0.05) is 11.0 Å². The molecule has 2 aromatic rings. The Hall–Kier alpha value is -2.05. The number of rotatable bonds is 7. The Morgan fingerprint density at radius 3 is 2.71 bits per heavy atom. The first kappa shape index (κ1) is 20.7. The van der Waals surface area contributed by atoms with Crippen LogP contribution in [-0.4, -0.2) is 42.8 Å². The molecule has 150 valence electrons. The maximum Gasteiger partial charge on any atom is 0.307 e. The second-order valence-corrected chi connectivity index (χ2v) is 7.89. The van der Waals surface area contributed by atoms with Crippen molar-refractivity contribution in [1.29, 1.82) is 0 Å². The molecule has 0 aromatic heterocycles. The van der Waals surface area contributed by atoms with Crippen LogP contribution in [0.25, 0.3) is 0 Å². The Morgan fingerprint density at radius 2 is 2.04 bits per heavy atom. The highest BCUT2D eigenvalue weighted by Crippen LogP contribution is 2.37. The predicted octanol–water partition coefficient (Wildman–Crippen LogP) is 4.74. The molecule has 0 aliphatic carbocycles. The third-order valence-electron chi connectivity index (χ3n) is 5.13. The van der Waals surface area contributed by atoms with Gasteiger partial charge in [0.25, 0.3) is 0 Å². The number of ether oxygens (including phenoxy) is 2. The highest BCUT2D eigenvalue weighted by atomic mass is 79.9. The van der Waals surface area contributed by atoms with Gasteiger partial charge in [-0.05, 0) is 61.7 Å². The second kappa shape index (κ2) is 9.43. The maximum atomic E-state index is 11.6. The summed E-state index contributed by atoms with van der Waals surface area (Å²) in [5, 5.41) is 9.53. The van der Waals surface area contributed by atoms with Gasteiger partial charge < -0.3 is 14.6 Å². The summed E-state index contributed by atoms with van der Waals surface area (Å²) in [6.07, 6.45) is 1.60. The molecule has 1 aliphatic heterocycles. The predicted molar refractivity (Wildman–Crippen MR) is 112 cm³/mol. The molecule has 1 N–H and O–H groups in total. The molecule has 6 heteroatoms. The third-order valence-corrected chi connectivity index (χ3v) is 5.63. The van der Waals surface area contributed by atoms with Gasteiger partial charge in [0.1, 0.15) is 0 Å². The highest BCUT2D eigenvalue weighted by molar-refractivity contribution is 9.10. The van der Waals surface area contributed by atoms with Gasteiger partial charge in [-0.1, -0.05) is 34.1 Å². The summed E-state index contributed by atoms with van der Waals surface area (Å²) in [5.74, 6) is 0.338. The first-order valence-electron chi connectivity index (χ1n) is 9.56. The SMILES string of the molecule is CCOc1ccc(C(c2cccc(Br)c2)N2CCCC(C(=O)O)C2)cc1OC. The average molecular weight is 448 g/mol. The van der Waals surface area contributed by atoms with Crippen molar-refractivity contribution in [2.75, 3.05) is 26.8 Å². The van der Waals surface area contributed by atoms with Gasteiger partial charge in [-0.3, -0.25) is 9.69 Å². The Kier molecular flexibility index (Phi) is 6.97. The summed E-state index contributed by atoms with van der Waals surface area (Å²) >= 11 is 3.57. The van der Waals surface area contributed by atoms with Crippen LogP contribution in [0.2, 0.25) is 0 Å². The molecule has 1 aliphatic rings. The molecule has 0 radical (unpaired) electrons. The van der Waals surface area contributed by atoms with E-state index in [2.05, 4.69) is 33.0 Å². The van der Waals surface area contributed by atoms with Crippen LogP contribution >= 0.6 is 15.9 Å². The Labute approximate surface area is 174 Å². The minimum absolute atomic E-state index is 0.0516. The monoisotopic (exact) mass is 447 g/mol. The molecule has 2 aromatic carbocycles. The summed E-state index contributed by atoms with van der Waals surface area (Å²) in [5.41, 5.74) is 2.18. The van der Waals surface area contributed by atoms with Crippen LogP contribution in [0, 0.1) is 5.92 Å². The molecule has 0 bridgehead atoms. The first-order valence-corrected chi connectivity index (χ1v) is 10.4. The number of methoxy groups -OCH3 is 1. The van der Waals surface area contributed by atoms with Gasteiger partial charge in [-0.15, -0.1) is 0 Å². The van der Waals surface area contributed by atoms with E-state index in [-0.39, 0.29) is 12.0 Å². The van der Waals surface area contributed by atoms with Gasteiger partial charge in [-0.25, -0.2) is 0 Å². The lowest BCUT2D eigenvalue weighted by molar-refractivity contribution is -0.143. The van der Waals surface area contributed by atoms with Gasteiger partial charge in [0.05, 0.1) is 25.7 Å². The number of aliphatic carboxylic acids is 1. The number of carbonyl (C=O) groups is 1. The van der Waals surface area contributed by atoms with E-state index in [1.807, 2.05) is 37.3 Å². The standard InChI is InChI=1S/C22H26BrNO4/c1-3-28-19-10-9-16(13-20(19)27-2)21(15-6-4-8-18(23)12-15)24-11-5-7-17(14-24)22(25)26/h4,6,8-10,12-13,17,21H,3,5,7,11,14H2,1-2H3,(H,25,26). The molecule has 0 amide bonds. The average Bonchev–Trinajstić information content (AvgIpc) is 2.69. The molecule has 1 heterocycles. The number of halogens is 1. The molecule has 2 unspecified atom stereocenters. The Morgan fingerprint density at radius 1 is 1.25 bits per heavy atom. The van der Waals surface area contributed by atoms with Crippen molar-refractivity contribution < 1.29 is 19.4 Å². The first-order chi connectivity index (χ1) is 13.5. The van der Waals surface area contributed by atoms with E-state index in [0.717, 1.165) is 35.0 Å². The van der Waals surface area contributed by atoms with Crippen LogP contribution in [0.4, 0.5) is 0 Å². The minimum atomic E-state index is -0.720. The van der Waals surface area contributed by atoms with E-state index in [1.54, 1.807) is 7.11 Å². The van der Waals surface area contributed by atoms with E-state index in [4.69, 9.17) is 9.47 Å². The topological polar surface area (TPSA) is 59.0 Å². The lowest BCUT2D eigenvalue weighted by Gasteiger charge is -2.37. The molecule has 0 saturated carbocycles. The molecular formula is C22H26BrNO4. The number of piperidine rings is 1. The van der Waals surface area contributed by atoms with Crippen molar-refractivity contribution in [2.45, 2.75) is 25.8 Å². The summed E-state index contributed by atoms with van der Waals surface area (Å²) in [6.45, 7) is 3.90. The third kappa shape index (κ3) is 4.67. The van der Waals surface area contributed by atoms with Crippen LogP contribution < -0.4 is 9.47 Å². The largest absolute Gasteiger partial charge is 0.493 e. The lowest BCUT2D eigenvalue weighted by Crippen LogP contribution is -2.41. The molecule has 1 fully saturated rings. The minimum Gasteiger partial charge on any atom is -0.493 e. The summed E-state index contributed by atoms with van der Waals surface area (Å²) in [4.78, 5) is 13.9. The fourth-order valence-corrected chi connectivity index (χ4v) is 4.28. The van der Waals surface area contributed by atoms with Crippen molar-refractivity contribution in [3.05, 3.63) is 58.1 Å². The van der Waals surface area contributed by atoms with Gasteiger partial charge in [-0.2, -0.15) is 0 Å². The maximum absolute atomic E-state index is 11.6. The van der Waals surface area contributed by atoms with Crippen LogP contribution in [0.15, 0.2) is 46.9 Å². The molecular weight excluding hydrogens is 422 g/mol. The number of likely N-dealkylation sites (tertiary alicyclic amines) is 1. The van der Waals surface area contributed by atoms with E-state index in [9.17, 15) is 9.90 Å². The van der Waals surface area contributed by atoms with E-state index < -0.39 is 5.97 Å². The Balaban J connectivity index is 2.03. The Bertz CT molecular complexity index is 826. The number of carboxylic acid groups (broad SMARTS) is 1. The van der Waals surface area contributed by atoms with Crippen LogP contribution in [0.5, 0.6) is 11.5 Å². The van der Waals surface area contributed by atoms with E-state index in [1.165, 1.54) is 0 Å². The van der Waals surface area contributed by atoms with Gasteiger partial charge in [0.2, 0.25) is 0 Å². The zero-order valence-electron chi connectivity index (χ0n) is 16.2.